The first-order chi connectivity index (χ1) is 10.1. The molecule has 0 atom stereocenters. The lowest BCUT2D eigenvalue weighted by Gasteiger charge is -2.06. The summed E-state index contributed by atoms with van der Waals surface area (Å²) < 4.78 is 6.60. The van der Waals surface area contributed by atoms with Gasteiger partial charge in [0, 0.05) is 5.69 Å². The number of amides is 1. The number of hydrogen-bond acceptors (Lipinski definition) is 6. The third-order valence-electron chi connectivity index (χ3n) is 2.93. The van der Waals surface area contributed by atoms with E-state index in [2.05, 4.69) is 25.8 Å². The Morgan fingerprint density at radius 1 is 1.33 bits per heavy atom. The molecule has 0 aliphatic rings. The van der Waals surface area contributed by atoms with Crippen LogP contribution >= 0.6 is 0 Å². The van der Waals surface area contributed by atoms with Gasteiger partial charge in [-0.2, -0.15) is 4.68 Å². The van der Waals surface area contributed by atoms with E-state index in [0.29, 0.717) is 17.3 Å². The second-order valence-corrected chi connectivity index (χ2v) is 4.40. The molecule has 0 radical (unpaired) electrons. The van der Waals surface area contributed by atoms with Gasteiger partial charge in [0.2, 0.25) is 0 Å². The van der Waals surface area contributed by atoms with E-state index in [1.807, 2.05) is 12.1 Å². The third kappa shape index (κ3) is 2.50. The van der Waals surface area contributed by atoms with E-state index < -0.39 is 0 Å². The first-order valence-electron chi connectivity index (χ1n) is 6.22. The van der Waals surface area contributed by atoms with Crippen LogP contribution in [-0.4, -0.2) is 31.1 Å². The summed E-state index contributed by atoms with van der Waals surface area (Å²) in [6, 6.07) is 7.20. The molecule has 1 aromatic carbocycles. The number of tetrazole rings is 1. The van der Waals surface area contributed by atoms with Crippen molar-refractivity contribution >= 4 is 11.6 Å². The molecule has 3 rings (SSSR count). The Labute approximate surface area is 119 Å². The average molecular weight is 284 g/mol. The number of carbonyl (C=O) groups is 1. The van der Waals surface area contributed by atoms with E-state index in [1.165, 1.54) is 6.39 Å². The first kappa shape index (κ1) is 13.0. The molecule has 2 heterocycles. The van der Waals surface area contributed by atoms with E-state index in [-0.39, 0.29) is 11.6 Å². The van der Waals surface area contributed by atoms with Crippen molar-refractivity contribution in [2.24, 2.45) is 0 Å². The van der Waals surface area contributed by atoms with Crippen LogP contribution in [0.1, 0.15) is 22.1 Å². The lowest BCUT2D eigenvalue weighted by Crippen LogP contribution is -2.13. The van der Waals surface area contributed by atoms with Gasteiger partial charge in [0.1, 0.15) is 5.76 Å². The van der Waals surface area contributed by atoms with E-state index in [9.17, 15) is 4.79 Å². The molecular weight excluding hydrogens is 272 g/mol. The maximum Gasteiger partial charge on any atom is 0.277 e. The molecular formula is C13H12N6O2. The zero-order chi connectivity index (χ0) is 14.8. The largest absolute Gasteiger partial charge is 0.448 e. The molecule has 0 saturated heterocycles. The summed E-state index contributed by atoms with van der Waals surface area (Å²) in [6.07, 6.45) is 1.24. The Hall–Kier alpha value is -3.03. The van der Waals surface area contributed by atoms with Crippen LogP contribution in [0.25, 0.3) is 5.69 Å². The number of oxazole rings is 1. The quantitative estimate of drug-likeness (QED) is 0.782. The highest BCUT2D eigenvalue weighted by molar-refractivity contribution is 6.03. The molecule has 0 spiro atoms. The SMILES string of the molecule is Cc1ocnc1C(=O)Nc1cccc(-n2nnnc2C)c1. The zero-order valence-corrected chi connectivity index (χ0v) is 11.4. The summed E-state index contributed by atoms with van der Waals surface area (Å²) in [4.78, 5) is 16.0. The molecule has 0 fully saturated rings. The topological polar surface area (TPSA) is 98.7 Å². The fraction of sp³-hybridized carbons (Fsp3) is 0.154. The minimum absolute atomic E-state index is 0.263. The summed E-state index contributed by atoms with van der Waals surface area (Å²) in [5.41, 5.74) is 1.64. The third-order valence-corrected chi connectivity index (χ3v) is 2.93. The van der Waals surface area contributed by atoms with Crippen molar-refractivity contribution in [1.82, 2.24) is 25.2 Å². The van der Waals surface area contributed by atoms with Crippen molar-refractivity contribution in [2.45, 2.75) is 13.8 Å². The average Bonchev–Trinajstić information content (AvgIpc) is 3.07. The number of aromatic nitrogens is 5. The van der Waals surface area contributed by atoms with Crippen molar-refractivity contribution in [3.8, 4) is 5.69 Å². The molecule has 8 heteroatoms. The second-order valence-electron chi connectivity index (χ2n) is 4.40. The van der Waals surface area contributed by atoms with Crippen LogP contribution in [0.3, 0.4) is 0 Å². The van der Waals surface area contributed by atoms with Gasteiger partial charge >= 0.3 is 0 Å². The normalized spacial score (nSPS) is 10.6. The van der Waals surface area contributed by atoms with Gasteiger partial charge in [-0.15, -0.1) is 5.10 Å². The van der Waals surface area contributed by atoms with Gasteiger partial charge in [0.25, 0.3) is 5.91 Å². The fourth-order valence-corrected chi connectivity index (χ4v) is 1.90. The number of nitrogens with one attached hydrogen (secondary N) is 1. The molecule has 0 bridgehead atoms. The second kappa shape index (κ2) is 5.16. The zero-order valence-electron chi connectivity index (χ0n) is 11.4. The molecule has 3 aromatic rings. The van der Waals surface area contributed by atoms with E-state index in [4.69, 9.17) is 4.42 Å². The van der Waals surface area contributed by atoms with Crippen molar-refractivity contribution in [3.05, 3.63) is 47.9 Å². The van der Waals surface area contributed by atoms with Gasteiger partial charge in [-0.3, -0.25) is 4.79 Å². The smallest absolute Gasteiger partial charge is 0.277 e. The van der Waals surface area contributed by atoms with Crippen LogP contribution < -0.4 is 5.32 Å². The van der Waals surface area contributed by atoms with E-state index >= 15 is 0 Å². The minimum Gasteiger partial charge on any atom is -0.448 e. The number of hydrogen-bond donors (Lipinski definition) is 1. The molecule has 106 valence electrons. The van der Waals surface area contributed by atoms with Crippen molar-refractivity contribution in [2.75, 3.05) is 5.32 Å². The van der Waals surface area contributed by atoms with Crippen molar-refractivity contribution in [1.29, 1.82) is 0 Å². The lowest BCUT2D eigenvalue weighted by atomic mass is 10.2. The van der Waals surface area contributed by atoms with Gasteiger partial charge in [-0.05, 0) is 42.5 Å². The van der Waals surface area contributed by atoms with Crippen LogP contribution in [0, 0.1) is 13.8 Å². The molecule has 0 aliphatic heterocycles. The van der Waals surface area contributed by atoms with E-state index in [0.717, 1.165) is 5.69 Å². The maximum atomic E-state index is 12.1. The van der Waals surface area contributed by atoms with Crippen LogP contribution in [0.4, 0.5) is 5.69 Å². The highest BCUT2D eigenvalue weighted by atomic mass is 16.3. The van der Waals surface area contributed by atoms with Crippen LogP contribution in [0.2, 0.25) is 0 Å². The van der Waals surface area contributed by atoms with Gasteiger partial charge in [0.05, 0.1) is 5.69 Å². The van der Waals surface area contributed by atoms with Crippen molar-refractivity contribution < 1.29 is 9.21 Å². The summed E-state index contributed by atoms with van der Waals surface area (Å²) in [6.45, 7) is 3.48. The van der Waals surface area contributed by atoms with Gasteiger partial charge in [0.15, 0.2) is 17.9 Å². The molecule has 0 saturated carbocycles. The Bertz CT molecular complexity index is 791. The number of carbonyl (C=O) groups excluding carboxylic acids is 1. The minimum atomic E-state index is -0.327. The van der Waals surface area contributed by atoms with Gasteiger partial charge in [-0.25, -0.2) is 4.98 Å². The summed E-state index contributed by atoms with van der Waals surface area (Å²) in [7, 11) is 0. The van der Waals surface area contributed by atoms with Crippen molar-refractivity contribution in [3.63, 3.8) is 0 Å². The Kier molecular flexibility index (Phi) is 3.19. The number of aryl methyl sites for hydroxylation is 2. The summed E-state index contributed by atoms with van der Waals surface area (Å²) in [5.74, 6) is 0.803. The number of anilines is 1. The molecule has 1 amide bonds. The summed E-state index contributed by atoms with van der Waals surface area (Å²) in [5, 5.41) is 14.1. The monoisotopic (exact) mass is 284 g/mol. The van der Waals surface area contributed by atoms with Crippen LogP contribution in [-0.2, 0) is 0 Å². The fourth-order valence-electron chi connectivity index (χ4n) is 1.90. The lowest BCUT2D eigenvalue weighted by molar-refractivity contribution is 0.102. The van der Waals surface area contributed by atoms with Gasteiger partial charge < -0.3 is 9.73 Å². The maximum absolute atomic E-state index is 12.1. The first-order valence-corrected chi connectivity index (χ1v) is 6.22. The van der Waals surface area contributed by atoms with Crippen LogP contribution in [0.5, 0.6) is 0 Å². The molecule has 1 N–H and O–H groups in total. The highest BCUT2D eigenvalue weighted by Gasteiger charge is 2.14. The Balaban J connectivity index is 1.86. The Morgan fingerprint density at radius 3 is 2.86 bits per heavy atom. The standard InChI is InChI=1S/C13H12N6O2/c1-8-12(14-7-21-8)13(20)15-10-4-3-5-11(6-10)19-9(2)16-17-18-19/h3-7H,1-2H3,(H,15,20). The summed E-state index contributed by atoms with van der Waals surface area (Å²) >= 11 is 0. The Morgan fingerprint density at radius 2 is 2.19 bits per heavy atom. The molecule has 8 nitrogen and oxygen atoms in total. The number of nitrogens with zero attached hydrogens (tertiary/aromatic N) is 5. The van der Waals surface area contributed by atoms with Crippen LogP contribution in [0.15, 0.2) is 35.1 Å². The predicted octanol–water partition coefficient (Wildman–Crippen LogP) is 1.52. The molecule has 0 unspecified atom stereocenters. The highest BCUT2D eigenvalue weighted by Crippen LogP contribution is 2.16. The molecule has 0 aliphatic carbocycles. The van der Waals surface area contributed by atoms with Gasteiger partial charge in [-0.1, -0.05) is 6.07 Å². The number of rotatable bonds is 3. The van der Waals surface area contributed by atoms with E-state index in [1.54, 1.807) is 30.7 Å². The molecule has 2 aromatic heterocycles. The molecule has 21 heavy (non-hydrogen) atoms. The number of benzene rings is 1. The predicted molar refractivity (Wildman–Crippen MR) is 73.1 cm³/mol.